The molecule has 0 bridgehead atoms. The summed E-state index contributed by atoms with van der Waals surface area (Å²) in [6.45, 7) is 0.678. The molecule has 0 fully saturated rings. The van der Waals surface area contributed by atoms with Crippen LogP contribution in [0, 0.1) is 0 Å². The van der Waals surface area contributed by atoms with E-state index in [9.17, 15) is 4.79 Å². The number of nitrogens with one attached hydrogen (secondary N) is 1. The van der Waals surface area contributed by atoms with Crippen LogP contribution in [-0.2, 0) is 4.79 Å². The molecule has 0 radical (unpaired) electrons. The van der Waals surface area contributed by atoms with Gasteiger partial charge in [-0.1, -0.05) is 0 Å². The summed E-state index contributed by atoms with van der Waals surface area (Å²) in [7, 11) is 0. The molecule has 1 aromatic heterocycles. The highest BCUT2D eigenvalue weighted by molar-refractivity contribution is 5.73. The largest absolute Gasteiger partial charge is 0.396 e. The van der Waals surface area contributed by atoms with Gasteiger partial charge in [-0.3, -0.25) is 9.78 Å². The Hall–Kier alpha value is -1.78. The zero-order valence-corrected chi connectivity index (χ0v) is 7.86. The fraction of sp³-hybridized carbons (Fsp3) is 0.333. The van der Waals surface area contributed by atoms with E-state index in [1.807, 2.05) is 0 Å². The van der Waals surface area contributed by atoms with E-state index in [1.165, 1.54) is 0 Å². The van der Waals surface area contributed by atoms with Crippen LogP contribution in [0.5, 0.6) is 0 Å². The smallest absolute Gasteiger partial charge is 0.217 e. The third kappa shape index (κ3) is 3.30. The first-order valence-corrected chi connectivity index (χ1v) is 4.42. The van der Waals surface area contributed by atoms with E-state index in [1.54, 1.807) is 18.5 Å². The number of rotatable bonds is 5. The number of primary amides is 1. The predicted octanol–water partition coefficient (Wildman–Crippen LogP) is 0.341. The molecule has 14 heavy (non-hydrogen) atoms. The Morgan fingerprint density at radius 2 is 2.36 bits per heavy atom. The number of nitrogens with zero attached hydrogens (tertiary/aromatic N) is 1. The molecule has 1 amide bonds. The van der Waals surface area contributed by atoms with E-state index in [0.29, 0.717) is 25.1 Å². The van der Waals surface area contributed by atoms with Crippen molar-refractivity contribution in [3.05, 3.63) is 18.5 Å². The molecule has 76 valence electrons. The van der Waals surface area contributed by atoms with Crippen LogP contribution in [0.2, 0.25) is 0 Å². The lowest BCUT2D eigenvalue weighted by atomic mass is 10.3. The number of pyridine rings is 1. The minimum absolute atomic E-state index is 0.283. The van der Waals surface area contributed by atoms with Crippen molar-refractivity contribution < 1.29 is 4.79 Å². The first-order chi connectivity index (χ1) is 6.70. The molecular formula is C9H14N4O. The fourth-order valence-electron chi connectivity index (χ4n) is 1.05. The standard InChI is InChI=1S/C9H14N4O/c10-7-6-12-5-3-8(7)13-4-1-2-9(11)14/h3,5-6H,1-2,4,10H2,(H2,11,14)(H,12,13). The van der Waals surface area contributed by atoms with Crippen molar-refractivity contribution in [1.82, 2.24) is 4.98 Å². The maximum Gasteiger partial charge on any atom is 0.217 e. The Labute approximate surface area is 82.5 Å². The second kappa shape index (κ2) is 5.06. The van der Waals surface area contributed by atoms with E-state index in [0.717, 1.165) is 5.69 Å². The van der Waals surface area contributed by atoms with Gasteiger partial charge in [0.05, 0.1) is 17.6 Å². The van der Waals surface area contributed by atoms with Gasteiger partial charge in [-0.05, 0) is 12.5 Å². The van der Waals surface area contributed by atoms with E-state index < -0.39 is 0 Å². The van der Waals surface area contributed by atoms with Gasteiger partial charge in [-0.15, -0.1) is 0 Å². The van der Waals surface area contributed by atoms with E-state index in [2.05, 4.69) is 10.3 Å². The normalized spacial score (nSPS) is 9.71. The third-order valence-electron chi connectivity index (χ3n) is 1.77. The minimum atomic E-state index is -0.283. The average molecular weight is 194 g/mol. The molecule has 1 rings (SSSR count). The molecular weight excluding hydrogens is 180 g/mol. The highest BCUT2D eigenvalue weighted by Gasteiger charge is 1.97. The van der Waals surface area contributed by atoms with E-state index >= 15 is 0 Å². The summed E-state index contributed by atoms with van der Waals surface area (Å²) in [5.41, 5.74) is 12.1. The highest BCUT2D eigenvalue weighted by Crippen LogP contribution is 2.14. The zero-order valence-electron chi connectivity index (χ0n) is 7.86. The molecule has 0 aliphatic heterocycles. The van der Waals surface area contributed by atoms with Gasteiger partial charge in [0.2, 0.25) is 5.91 Å². The number of anilines is 2. The number of nitrogens with two attached hydrogens (primary N) is 2. The Kier molecular flexibility index (Phi) is 3.72. The van der Waals surface area contributed by atoms with Gasteiger partial charge in [0.25, 0.3) is 0 Å². The van der Waals surface area contributed by atoms with Crippen LogP contribution in [0.25, 0.3) is 0 Å². The first-order valence-electron chi connectivity index (χ1n) is 4.42. The van der Waals surface area contributed by atoms with Crippen molar-refractivity contribution in [2.75, 3.05) is 17.6 Å². The van der Waals surface area contributed by atoms with Crippen molar-refractivity contribution in [2.45, 2.75) is 12.8 Å². The maximum absolute atomic E-state index is 10.4. The van der Waals surface area contributed by atoms with Crippen molar-refractivity contribution in [3.8, 4) is 0 Å². The zero-order chi connectivity index (χ0) is 10.4. The molecule has 0 aliphatic carbocycles. The summed E-state index contributed by atoms with van der Waals surface area (Å²) < 4.78 is 0. The number of aromatic nitrogens is 1. The highest BCUT2D eigenvalue weighted by atomic mass is 16.1. The van der Waals surface area contributed by atoms with Gasteiger partial charge >= 0.3 is 0 Å². The minimum Gasteiger partial charge on any atom is -0.396 e. The molecule has 0 aliphatic rings. The second-order valence-corrected chi connectivity index (χ2v) is 2.96. The SMILES string of the molecule is NC(=O)CCCNc1ccncc1N. The quantitative estimate of drug-likeness (QED) is 0.589. The molecule has 1 heterocycles. The van der Waals surface area contributed by atoms with Crippen molar-refractivity contribution in [1.29, 1.82) is 0 Å². The fourth-order valence-corrected chi connectivity index (χ4v) is 1.05. The number of nitrogen functional groups attached to an aromatic ring is 1. The summed E-state index contributed by atoms with van der Waals surface area (Å²) in [6.07, 6.45) is 4.33. The average Bonchev–Trinajstić information content (AvgIpc) is 2.15. The van der Waals surface area contributed by atoms with Crippen LogP contribution in [0.1, 0.15) is 12.8 Å². The van der Waals surface area contributed by atoms with E-state index in [4.69, 9.17) is 11.5 Å². The van der Waals surface area contributed by atoms with Crippen molar-refractivity contribution in [2.24, 2.45) is 5.73 Å². The summed E-state index contributed by atoms with van der Waals surface area (Å²) in [5.74, 6) is -0.283. The Morgan fingerprint density at radius 1 is 1.57 bits per heavy atom. The van der Waals surface area contributed by atoms with Gasteiger partial charge in [-0.2, -0.15) is 0 Å². The summed E-state index contributed by atoms with van der Waals surface area (Å²) >= 11 is 0. The van der Waals surface area contributed by atoms with Crippen LogP contribution in [0.15, 0.2) is 18.5 Å². The van der Waals surface area contributed by atoms with Crippen LogP contribution in [0.4, 0.5) is 11.4 Å². The molecule has 5 N–H and O–H groups in total. The third-order valence-corrected chi connectivity index (χ3v) is 1.77. The lowest BCUT2D eigenvalue weighted by Gasteiger charge is -2.07. The number of carbonyl (C=O) groups is 1. The summed E-state index contributed by atoms with van der Waals surface area (Å²) in [5, 5.41) is 3.10. The van der Waals surface area contributed by atoms with Crippen LogP contribution >= 0.6 is 0 Å². The van der Waals surface area contributed by atoms with Crippen molar-refractivity contribution >= 4 is 17.3 Å². The number of amides is 1. The van der Waals surface area contributed by atoms with Gasteiger partial charge in [-0.25, -0.2) is 0 Å². The molecule has 0 aromatic carbocycles. The monoisotopic (exact) mass is 194 g/mol. The van der Waals surface area contributed by atoms with Gasteiger partial charge in [0.1, 0.15) is 0 Å². The van der Waals surface area contributed by atoms with Crippen molar-refractivity contribution in [3.63, 3.8) is 0 Å². The second-order valence-electron chi connectivity index (χ2n) is 2.96. The van der Waals surface area contributed by atoms with Crippen LogP contribution in [-0.4, -0.2) is 17.4 Å². The molecule has 0 atom stereocenters. The topological polar surface area (TPSA) is 94.0 Å². The van der Waals surface area contributed by atoms with E-state index in [-0.39, 0.29) is 5.91 Å². The Balaban J connectivity index is 2.31. The molecule has 5 heteroatoms. The van der Waals surface area contributed by atoms with Gasteiger partial charge in [0, 0.05) is 19.2 Å². The molecule has 0 spiro atoms. The number of hydrogen-bond donors (Lipinski definition) is 3. The number of carbonyl (C=O) groups excluding carboxylic acids is 1. The molecule has 0 unspecified atom stereocenters. The first kappa shape index (κ1) is 10.3. The van der Waals surface area contributed by atoms with Crippen LogP contribution < -0.4 is 16.8 Å². The van der Waals surface area contributed by atoms with Gasteiger partial charge in [0.15, 0.2) is 0 Å². The van der Waals surface area contributed by atoms with Gasteiger partial charge < -0.3 is 16.8 Å². The molecule has 5 nitrogen and oxygen atoms in total. The lowest BCUT2D eigenvalue weighted by Crippen LogP contribution is -2.13. The molecule has 0 saturated heterocycles. The molecule has 0 saturated carbocycles. The Bertz CT molecular complexity index is 313. The molecule has 1 aromatic rings. The summed E-state index contributed by atoms with van der Waals surface area (Å²) in [6, 6.07) is 1.79. The van der Waals surface area contributed by atoms with Crippen LogP contribution in [0.3, 0.4) is 0 Å². The number of hydrogen-bond acceptors (Lipinski definition) is 4. The predicted molar refractivity (Wildman–Crippen MR) is 55.6 cm³/mol. The lowest BCUT2D eigenvalue weighted by molar-refractivity contribution is -0.118. The maximum atomic E-state index is 10.4. The summed E-state index contributed by atoms with van der Waals surface area (Å²) in [4.78, 5) is 14.3. The Morgan fingerprint density at radius 3 is 3.00 bits per heavy atom.